The first kappa shape index (κ1) is 14.0. The summed E-state index contributed by atoms with van der Waals surface area (Å²) in [7, 11) is 0. The summed E-state index contributed by atoms with van der Waals surface area (Å²) in [5, 5.41) is 11.9. The van der Waals surface area contributed by atoms with E-state index in [0.29, 0.717) is 6.04 Å². The van der Waals surface area contributed by atoms with Crippen LogP contribution in [0.1, 0.15) is 44.3 Å². The molecule has 1 spiro atoms. The van der Waals surface area contributed by atoms with E-state index in [1.807, 2.05) is 4.68 Å². The van der Waals surface area contributed by atoms with Gasteiger partial charge in [-0.2, -0.15) is 0 Å². The van der Waals surface area contributed by atoms with Crippen LogP contribution in [0.3, 0.4) is 0 Å². The largest absolute Gasteiger partial charge is 0.378 e. The van der Waals surface area contributed by atoms with Crippen LogP contribution in [0.2, 0.25) is 0 Å². The molecule has 2 atom stereocenters. The van der Waals surface area contributed by atoms with E-state index < -0.39 is 0 Å². The molecule has 0 saturated carbocycles. The van der Waals surface area contributed by atoms with E-state index in [0.717, 1.165) is 64.3 Å². The number of nitrogens with zero attached hydrogens (tertiary/aromatic N) is 3. The van der Waals surface area contributed by atoms with Crippen LogP contribution < -0.4 is 5.32 Å². The topological polar surface area (TPSA) is 61.2 Å². The third kappa shape index (κ3) is 3.02. The maximum absolute atomic E-state index is 5.97. The van der Waals surface area contributed by atoms with Gasteiger partial charge in [-0.05, 0) is 19.4 Å². The maximum atomic E-state index is 5.97. The minimum Gasteiger partial charge on any atom is -0.378 e. The van der Waals surface area contributed by atoms with Crippen LogP contribution in [0.5, 0.6) is 0 Å². The number of hydrogen-bond donors (Lipinski definition) is 1. The lowest BCUT2D eigenvalue weighted by atomic mass is 9.90. The zero-order chi connectivity index (χ0) is 13.8. The van der Waals surface area contributed by atoms with Crippen LogP contribution in [0.25, 0.3) is 0 Å². The molecule has 2 aliphatic rings. The van der Waals surface area contributed by atoms with Crippen LogP contribution in [0.4, 0.5) is 0 Å². The molecular weight excluding hydrogens is 256 g/mol. The monoisotopic (exact) mass is 280 g/mol. The van der Waals surface area contributed by atoms with Gasteiger partial charge in [-0.25, -0.2) is 4.68 Å². The van der Waals surface area contributed by atoms with Gasteiger partial charge < -0.3 is 14.8 Å². The molecule has 0 amide bonds. The van der Waals surface area contributed by atoms with Crippen LogP contribution in [-0.2, 0) is 16.0 Å². The molecule has 2 fully saturated rings. The summed E-state index contributed by atoms with van der Waals surface area (Å²) in [4.78, 5) is 0. The lowest BCUT2D eigenvalue weighted by Crippen LogP contribution is -2.41. The number of aromatic nitrogens is 3. The van der Waals surface area contributed by atoms with Crippen molar-refractivity contribution < 1.29 is 9.47 Å². The third-order valence-corrected chi connectivity index (χ3v) is 4.20. The second-order valence-electron chi connectivity index (χ2n) is 5.85. The lowest BCUT2D eigenvalue weighted by molar-refractivity contribution is -0.0964. The zero-order valence-electron chi connectivity index (χ0n) is 12.2. The van der Waals surface area contributed by atoms with Gasteiger partial charge in [0.25, 0.3) is 0 Å². The second-order valence-corrected chi connectivity index (χ2v) is 5.85. The Labute approximate surface area is 119 Å². The Morgan fingerprint density at radius 1 is 1.50 bits per heavy atom. The maximum Gasteiger partial charge on any atom is 0.0964 e. The van der Waals surface area contributed by atoms with Gasteiger partial charge in [0, 0.05) is 32.6 Å². The van der Waals surface area contributed by atoms with Gasteiger partial charge in [-0.1, -0.05) is 12.1 Å². The van der Waals surface area contributed by atoms with E-state index in [2.05, 4.69) is 28.7 Å². The predicted molar refractivity (Wildman–Crippen MR) is 74.4 cm³/mol. The molecule has 0 radical (unpaired) electrons. The normalized spacial score (nSPS) is 30.1. The van der Waals surface area contributed by atoms with Crippen molar-refractivity contribution in [1.82, 2.24) is 20.3 Å². The van der Waals surface area contributed by atoms with Crippen LogP contribution >= 0.6 is 0 Å². The molecule has 6 nitrogen and oxygen atoms in total. The number of ether oxygens (including phenoxy) is 2. The minimum atomic E-state index is -0.0739. The molecule has 20 heavy (non-hydrogen) atoms. The number of nitrogens with one attached hydrogen (secondary N) is 1. The van der Waals surface area contributed by atoms with Crippen molar-refractivity contribution in [3.05, 3.63) is 11.9 Å². The summed E-state index contributed by atoms with van der Waals surface area (Å²) in [6, 6.07) is 0.387. The first-order valence-corrected chi connectivity index (χ1v) is 7.64. The molecule has 1 aromatic rings. The van der Waals surface area contributed by atoms with Crippen LogP contribution in [0.15, 0.2) is 6.20 Å². The number of hydrogen-bond acceptors (Lipinski definition) is 5. The van der Waals surface area contributed by atoms with Crippen molar-refractivity contribution in [2.24, 2.45) is 0 Å². The fourth-order valence-electron chi connectivity index (χ4n) is 3.06. The smallest absolute Gasteiger partial charge is 0.0964 e. The first-order chi connectivity index (χ1) is 9.81. The van der Waals surface area contributed by atoms with E-state index in [1.54, 1.807) is 0 Å². The summed E-state index contributed by atoms with van der Waals surface area (Å²) in [6.07, 6.45) is 6.20. The van der Waals surface area contributed by atoms with Crippen molar-refractivity contribution in [1.29, 1.82) is 0 Å². The van der Waals surface area contributed by atoms with Crippen molar-refractivity contribution in [2.45, 2.75) is 50.8 Å². The Morgan fingerprint density at radius 2 is 2.45 bits per heavy atom. The third-order valence-electron chi connectivity index (χ3n) is 4.20. The fourth-order valence-corrected chi connectivity index (χ4v) is 3.06. The Morgan fingerprint density at radius 3 is 3.25 bits per heavy atom. The molecule has 2 unspecified atom stereocenters. The van der Waals surface area contributed by atoms with E-state index in [1.165, 1.54) is 0 Å². The molecule has 0 aromatic carbocycles. The van der Waals surface area contributed by atoms with E-state index >= 15 is 0 Å². The lowest BCUT2D eigenvalue weighted by Gasteiger charge is -2.36. The first-order valence-electron chi connectivity index (χ1n) is 7.64. The van der Waals surface area contributed by atoms with Crippen molar-refractivity contribution in [2.75, 3.05) is 26.4 Å². The zero-order valence-corrected chi connectivity index (χ0v) is 12.2. The fraction of sp³-hybridized carbons (Fsp3) is 0.857. The average molecular weight is 280 g/mol. The average Bonchev–Trinajstić information content (AvgIpc) is 3.09. The molecule has 6 heteroatoms. The summed E-state index contributed by atoms with van der Waals surface area (Å²) < 4.78 is 13.5. The quantitative estimate of drug-likeness (QED) is 0.824. The predicted octanol–water partition coefficient (Wildman–Crippen LogP) is 1.29. The van der Waals surface area contributed by atoms with Gasteiger partial charge in [-0.15, -0.1) is 5.10 Å². The summed E-state index contributed by atoms with van der Waals surface area (Å²) in [5.41, 5.74) is 0.942. The Bertz CT molecular complexity index is 429. The molecule has 0 bridgehead atoms. The molecule has 2 aliphatic heterocycles. The van der Waals surface area contributed by atoms with Gasteiger partial charge in [0.2, 0.25) is 0 Å². The molecule has 0 aliphatic carbocycles. The van der Waals surface area contributed by atoms with E-state index in [9.17, 15) is 0 Å². The molecule has 3 heterocycles. The standard InChI is InChI=1S/C14H24N4O2/c1-2-5-15-9-12-10-18(17-16-12)13-3-6-20-14(8-13)4-7-19-11-14/h10,13,15H,2-9,11H2,1H3. The summed E-state index contributed by atoms with van der Waals surface area (Å²) in [5.74, 6) is 0. The molecule has 112 valence electrons. The van der Waals surface area contributed by atoms with Gasteiger partial charge in [0.1, 0.15) is 0 Å². The summed E-state index contributed by atoms with van der Waals surface area (Å²) in [6.45, 7) is 6.31. The minimum absolute atomic E-state index is 0.0739. The number of rotatable bonds is 5. The molecule has 1 aromatic heterocycles. The van der Waals surface area contributed by atoms with Crippen molar-refractivity contribution in [3.63, 3.8) is 0 Å². The molecule has 1 N–H and O–H groups in total. The van der Waals surface area contributed by atoms with E-state index in [4.69, 9.17) is 9.47 Å². The summed E-state index contributed by atoms with van der Waals surface area (Å²) >= 11 is 0. The van der Waals surface area contributed by atoms with Gasteiger partial charge in [0.15, 0.2) is 0 Å². The van der Waals surface area contributed by atoms with Crippen molar-refractivity contribution >= 4 is 0 Å². The van der Waals surface area contributed by atoms with E-state index in [-0.39, 0.29) is 5.60 Å². The van der Waals surface area contributed by atoms with Crippen LogP contribution in [0, 0.1) is 0 Å². The Balaban J connectivity index is 1.60. The Hall–Kier alpha value is -0.980. The van der Waals surface area contributed by atoms with Gasteiger partial charge >= 0.3 is 0 Å². The Kier molecular flexibility index (Phi) is 4.33. The highest BCUT2D eigenvalue weighted by atomic mass is 16.6. The van der Waals surface area contributed by atoms with Crippen molar-refractivity contribution in [3.8, 4) is 0 Å². The second kappa shape index (κ2) is 6.20. The highest BCUT2D eigenvalue weighted by molar-refractivity contribution is 4.96. The molecule has 3 rings (SSSR count). The SMILES string of the molecule is CCCNCc1cn(C2CCOC3(CCOC3)C2)nn1. The van der Waals surface area contributed by atoms with Gasteiger partial charge in [0.05, 0.1) is 30.1 Å². The molecule has 2 saturated heterocycles. The van der Waals surface area contributed by atoms with Gasteiger partial charge in [-0.3, -0.25) is 0 Å². The molecular formula is C14H24N4O2. The highest BCUT2D eigenvalue weighted by Gasteiger charge is 2.41. The van der Waals surface area contributed by atoms with Crippen LogP contribution in [-0.4, -0.2) is 47.0 Å². The highest BCUT2D eigenvalue weighted by Crippen LogP contribution is 2.37.